The average Bonchev–Trinajstić information content (AvgIpc) is 3.05. The lowest BCUT2D eigenvalue weighted by molar-refractivity contribution is 0.470. The summed E-state index contributed by atoms with van der Waals surface area (Å²) in [4.78, 5) is 13.8. The number of halogens is 1. The van der Waals surface area contributed by atoms with Crippen LogP contribution in [-0.2, 0) is 6.54 Å². The minimum Gasteiger partial charge on any atom is -0.375 e. The number of hydrogen-bond acceptors (Lipinski definition) is 4. The average molecular weight is 501 g/mol. The lowest BCUT2D eigenvalue weighted by atomic mass is 10.2. The number of aromatic nitrogens is 1. The predicted molar refractivity (Wildman–Crippen MR) is 129 cm³/mol. The Morgan fingerprint density at radius 3 is 2.56 bits per heavy atom. The second kappa shape index (κ2) is 12.9. The van der Waals surface area contributed by atoms with E-state index < -0.39 is 0 Å². The van der Waals surface area contributed by atoms with Crippen LogP contribution >= 0.6 is 35.3 Å². The van der Waals surface area contributed by atoms with Crippen molar-refractivity contribution >= 4 is 47.0 Å². The van der Waals surface area contributed by atoms with Crippen LogP contribution in [-0.4, -0.2) is 49.6 Å². The molecule has 0 spiro atoms. The first-order valence-electron chi connectivity index (χ1n) is 9.26. The van der Waals surface area contributed by atoms with E-state index >= 15 is 0 Å². The van der Waals surface area contributed by atoms with Gasteiger partial charge in [0.15, 0.2) is 5.96 Å². The Balaban J connectivity index is 0.00000364. The van der Waals surface area contributed by atoms with Gasteiger partial charge in [0, 0.05) is 44.8 Å². The molecule has 0 amide bonds. The SMILES string of the molecule is CCNC(=NCCCCN(C)c1ccccc1)N(C)Cc1csc(C)n1.I. The van der Waals surface area contributed by atoms with E-state index in [9.17, 15) is 0 Å². The minimum absolute atomic E-state index is 0. The molecule has 5 nitrogen and oxygen atoms in total. The number of guanidine groups is 1. The van der Waals surface area contributed by atoms with Crippen LogP contribution in [0.3, 0.4) is 0 Å². The number of para-hydroxylation sites is 1. The first-order valence-corrected chi connectivity index (χ1v) is 10.1. The number of benzene rings is 1. The molecule has 1 N–H and O–H groups in total. The van der Waals surface area contributed by atoms with Crippen LogP contribution in [0.1, 0.15) is 30.5 Å². The largest absolute Gasteiger partial charge is 0.375 e. The quantitative estimate of drug-likeness (QED) is 0.240. The van der Waals surface area contributed by atoms with Crippen molar-refractivity contribution in [2.45, 2.75) is 33.2 Å². The highest BCUT2D eigenvalue weighted by Gasteiger charge is 2.08. The first kappa shape index (κ1) is 23.7. The number of hydrogen-bond donors (Lipinski definition) is 1. The van der Waals surface area contributed by atoms with Gasteiger partial charge >= 0.3 is 0 Å². The Morgan fingerprint density at radius 1 is 1.19 bits per heavy atom. The van der Waals surface area contributed by atoms with E-state index in [0.717, 1.165) is 55.7 Å². The van der Waals surface area contributed by atoms with Crippen molar-refractivity contribution < 1.29 is 0 Å². The maximum Gasteiger partial charge on any atom is 0.194 e. The topological polar surface area (TPSA) is 43.8 Å². The molecule has 0 aliphatic rings. The fourth-order valence-electron chi connectivity index (χ4n) is 2.73. The summed E-state index contributed by atoms with van der Waals surface area (Å²) >= 11 is 1.69. The normalized spacial score (nSPS) is 11.0. The second-order valence-corrected chi connectivity index (χ2v) is 7.48. The fraction of sp³-hybridized carbons (Fsp3) is 0.500. The lowest BCUT2D eigenvalue weighted by Crippen LogP contribution is -2.38. The number of rotatable bonds is 9. The zero-order chi connectivity index (χ0) is 18.8. The molecular weight excluding hydrogens is 469 g/mol. The Kier molecular flexibility index (Phi) is 11.3. The summed E-state index contributed by atoms with van der Waals surface area (Å²) in [6.45, 7) is 7.68. The van der Waals surface area contributed by atoms with Crippen LogP contribution in [0.5, 0.6) is 0 Å². The van der Waals surface area contributed by atoms with Crippen molar-refractivity contribution in [1.29, 1.82) is 0 Å². The van der Waals surface area contributed by atoms with Gasteiger partial charge < -0.3 is 15.1 Å². The van der Waals surface area contributed by atoms with E-state index in [-0.39, 0.29) is 24.0 Å². The van der Waals surface area contributed by atoms with Crippen molar-refractivity contribution in [2.24, 2.45) is 4.99 Å². The summed E-state index contributed by atoms with van der Waals surface area (Å²) in [5.41, 5.74) is 2.37. The predicted octanol–water partition coefficient (Wildman–Crippen LogP) is 4.38. The van der Waals surface area contributed by atoms with E-state index in [1.54, 1.807) is 11.3 Å². The first-order chi connectivity index (χ1) is 12.6. The van der Waals surface area contributed by atoms with E-state index in [4.69, 9.17) is 4.99 Å². The molecule has 0 aliphatic heterocycles. The van der Waals surface area contributed by atoms with Gasteiger partial charge in [0.1, 0.15) is 0 Å². The summed E-state index contributed by atoms with van der Waals surface area (Å²) in [7, 11) is 4.21. The molecule has 0 fully saturated rings. The highest BCUT2D eigenvalue weighted by Crippen LogP contribution is 2.12. The van der Waals surface area contributed by atoms with E-state index in [1.807, 2.05) is 6.92 Å². The molecule has 7 heteroatoms. The van der Waals surface area contributed by atoms with Crippen molar-refractivity contribution in [3.8, 4) is 0 Å². The highest BCUT2D eigenvalue weighted by molar-refractivity contribution is 14.0. The molecule has 27 heavy (non-hydrogen) atoms. The standard InChI is InChI=1S/C20H31N5S.HI/c1-5-21-20(25(4)15-18-16-26-17(2)23-18)22-13-9-10-14-24(3)19-11-7-6-8-12-19;/h6-8,11-12,16H,5,9-10,13-15H2,1-4H3,(H,21,22);1H. The van der Waals surface area contributed by atoms with Gasteiger partial charge in [0.2, 0.25) is 0 Å². The van der Waals surface area contributed by atoms with Gasteiger partial charge in [-0.05, 0) is 38.8 Å². The van der Waals surface area contributed by atoms with Gasteiger partial charge in [0.05, 0.1) is 17.2 Å². The number of aryl methyl sites for hydroxylation is 1. The highest BCUT2D eigenvalue weighted by atomic mass is 127. The Bertz CT molecular complexity index is 674. The Morgan fingerprint density at radius 2 is 1.93 bits per heavy atom. The molecule has 0 atom stereocenters. The number of nitrogens with one attached hydrogen (secondary N) is 1. The second-order valence-electron chi connectivity index (χ2n) is 6.41. The number of unbranched alkanes of at least 4 members (excludes halogenated alkanes) is 1. The molecule has 0 radical (unpaired) electrons. The molecule has 1 heterocycles. The summed E-state index contributed by atoms with van der Waals surface area (Å²) in [5.74, 6) is 0.953. The third-order valence-corrected chi connectivity index (χ3v) is 4.94. The van der Waals surface area contributed by atoms with Gasteiger partial charge in [0.25, 0.3) is 0 Å². The molecule has 1 aromatic heterocycles. The maximum atomic E-state index is 4.77. The van der Waals surface area contributed by atoms with E-state index in [1.165, 1.54) is 5.69 Å². The number of aliphatic imine (C=N–C) groups is 1. The summed E-state index contributed by atoms with van der Waals surface area (Å²) in [6, 6.07) is 10.5. The fourth-order valence-corrected chi connectivity index (χ4v) is 3.33. The summed E-state index contributed by atoms with van der Waals surface area (Å²) in [6.07, 6.45) is 2.21. The molecule has 0 saturated carbocycles. The van der Waals surface area contributed by atoms with Gasteiger partial charge in [-0.1, -0.05) is 18.2 Å². The Hall–Kier alpha value is -1.35. The van der Waals surface area contributed by atoms with Gasteiger partial charge in [-0.2, -0.15) is 0 Å². The molecule has 0 bridgehead atoms. The van der Waals surface area contributed by atoms with E-state index in [2.05, 4.69) is 76.8 Å². The molecule has 1 aromatic carbocycles. The molecule has 0 aliphatic carbocycles. The monoisotopic (exact) mass is 501 g/mol. The van der Waals surface area contributed by atoms with Crippen LogP contribution in [0.2, 0.25) is 0 Å². The molecule has 150 valence electrons. The molecule has 2 rings (SSSR count). The van der Waals surface area contributed by atoms with Gasteiger partial charge in [-0.3, -0.25) is 4.99 Å². The maximum absolute atomic E-state index is 4.77. The van der Waals surface area contributed by atoms with Crippen LogP contribution < -0.4 is 10.2 Å². The zero-order valence-electron chi connectivity index (χ0n) is 16.8. The zero-order valence-corrected chi connectivity index (χ0v) is 20.0. The van der Waals surface area contributed by atoms with Crippen LogP contribution in [0.4, 0.5) is 5.69 Å². The summed E-state index contributed by atoms with van der Waals surface area (Å²) in [5, 5.41) is 6.61. The molecule has 0 unspecified atom stereocenters. The van der Waals surface area contributed by atoms with Gasteiger partial charge in [-0.15, -0.1) is 35.3 Å². The van der Waals surface area contributed by atoms with Crippen molar-refractivity contribution in [1.82, 2.24) is 15.2 Å². The van der Waals surface area contributed by atoms with E-state index in [0.29, 0.717) is 0 Å². The summed E-state index contributed by atoms with van der Waals surface area (Å²) < 4.78 is 0. The lowest BCUT2D eigenvalue weighted by Gasteiger charge is -2.21. The molecular formula is C20H32IN5S. The number of anilines is 1. The number of nitrogens with zero attached hydrogens (tertiary/aromatic N) is 4. The van der Waals surface area contributed by atoms with Crippen LogP contribution in [0, 0.1) is 6.92 Å². The van der Waals surface area contributed by atoms with Crippen LogP contribution in [0.25, 0.3) is 0 Å². The van der Waals surface area contributed by atoms with Crippen molar-refractivity contribution in [3.63, 3.8) is 0 Å². The third kappa shape index (κ3) is 8.47. The van der Waals surface area contributed by atoms with Crippen LogP contribution in [0.15, 0.2) is 40.7 Å². The van der Waals surface area contributed by atoms with Crippen molar-refractivity contribution in [2.75, 3.05) is 38.6 Å². The smallest absolute Gasteiger partial charge is 0.194 e. The third-order valence-electron chi connectivity index (χ3n) is 4.12. The number of thiazole rings is 1. The molecule has 2 aromatic rings. The van der Waals surface area contributed by atoms with Gasteiger partial charge in [-0.25, -0.2) is 4.98 Å². The minimum atomic E-state index is 0. The molecule has 0 saturated heterocycles. The van der Waals surface area contributed by atoms with Crippen molar-refractivity contribution in [3.05, 3.63) is 46.4 Å². The Labute approximate surface area is 184 Å².